The van der Waals surface area contributed by atoms with Crippen LogP contribution >= 0.6 is 11.6 Å². The summed E-state index contributed by atoms with van der Waals surface area (Å²) in [6, 6.07) is 8.79. The predicted octanol–water partition coefficient (Wildman–Crippen LogP) is 4.52. The number of benzene rings is 1. The van der Waals surface area contributed by atoms with Crippen LogP contribution in [0.5, 0.6) is 11.8 Å². The van der Waals surface area contributed by atoms with Crippen LogP contribution < -0.4 is 9.47 Å². The Hall–Kier alpha value is -2.79. The Balaban J connectivity index is 1.97. The summed E-state index contributed by atoms with van der Waals surface area (Å²) in [5.74, 6) is 0.539. The van der Waals surface area contributed by atoms with Crippen LogP contribution in [0.25, 0.3) is 17.0 Å². The number of Topliss-reactive ketones (excluding diaryl/α,β-unsaturated/α-hetero) is 1. The molecule has 0 amide bonds. The maximum absolute atomic E-state index is 12.8. The van der Waals surface area contributed by atoms with Gasteiger partial charge in [0.05, 0.1) is 14.2 Å². The molecule has 1 aromatic carbocycles. The Morgan fingerprint density at radius 1 is 1.16 bits per heavy atom. The number of nitrogens with zero attached hydrogens (tertiary/aromatic N) is 1. The van der Waals surface area contributed by atoms with Crippen molar-refractivity contribution in [1.29, 1.82) is 0 Å². The van der Waals surface area contributed by atoms with Gasteiger partial charge in [-0.2, -0.15) is 4.98 Å². The number of carbonyl (C=O) groups is 1. The Kier molecular flexibility index (Phi) is 4.76. The van der Waals surface area contributed by atoms with E-state index in [4.69, 9.17) is 21.1 Å². The van der Waals surface area contributed by atoms with Gasteiger partial charge in [0.25, 0.3) is 0 Å². The normalized spacial score (nSPS) is 11.6. The number of nitrogens with one attached hydrogen (secondary N) is 1. The van der Waals surface area contributed by atoms with E-state index in [0.717, 1.165) is 16.5 Å². The van der Waals surface area contributed by atoms with Gasteiger partial charge in [0.15, 0.2) is 5.78 Å². The average molecular weight is 357 g/mol. The number of aromatic amines is 1. The molecule has 0 saturated heterocycles. The number of hydrogen-bond acceptors (Lipinski definition) is 4. The molecule has 0 radical (unpaired) electrons. The van der Waals surface area contributed by atoms with Gasteiger partial charge in [-0.3, -0.25) is 4.79 Å². The molecule has 5 nitrogen and oxygen atoms in total. The molecule has 25 heavy (non-hydrogen) atoms. The number of H-pyrrole nitrogens is 1. The minimum Gasteiger partial charge on any atom is -0.481 e. The molecule has 2 heterocycles. The minimum absolute atomic E-state index is 0.123. The lowest BCUT2D eigenvalue weighted by Crippen LogP contribution is -2.03. The number of carbonyl (C=O) groups excluding carboxylic acids is 1. The lowest BCUT2D eigenvalue weighted by atomic mass is 10.0. The Morgan fingerprint density at radius 3 is 2.48 bits per heavy atom. The van der Waals surface area contributed by atoms with E-state index in [0.29, 0.717) is 27.9 Å². The van der Waals surface area contributed by atoms with Gasteiger partial charge in [-0.15, -0.1) is 0 Å². The number of rotatable bonds is 5. The zero-order valence-corrected chi connectivity index (χ0v) is 14.8. The van der Waals surface area contributed by atoms with E-state index in [1.807, 2.05) is 30.5 Å². The number of ketones is 1. The van der Waals surface area contributed by atoms with Crippen LogP contribution in [0.15, 0.2) is 42.1 Å². The van der Waals surface area contributed by atoms with Crippen molar-refractivity contribution in [2.75, 3.05) is 14.2 Å². The second kappa shape index (κ2) is 6.99. The molecule has 0 aliphatic carbocycles. The lowest BCUT2D eigenvalue weighted by Gasteiger charge is -2.07. The van der Waals surface area contributed by atoms with E-state index >= 15 is 0 Å². The Morgan fingerprint density at radius 2 is 1.84 bits per heavy atom. The van der Waals surface area contributed by atoms with Gasteiger partial charge in [0.2, 0.25) is 11.8 Å². The van der Waals surface area contributed by atoms with Gasteiger partial charge < -0.3 is 14.5 Å². The van der Waals surface area contributed by atoms with Crippen LogP contribution in [-0.4, -0.2) is 30.0 Å². The van der Waals surface area contributed by atoms with Crippen LogP contribution in [0.4, 0.5) is 0 Å². The van der Waals surface area contributed by atoms with Crippen molar-refractivity contribution in [2.24, 2.45) is 0 Å². The summed E-state index contributed by atoms with van der Waals surface area (Å²) in [6.45, 7) is 1.77. The molecular weight excluding hydrogens is 340 g/mol. The topological polar surface area (TPSA) is 64.2 Å². The number of fused-ring (bicyclic) bond motifs is 1. The highest BCUT2D eigenvalue weighted by Crippen LogP contribution is 2.25. The molecule has 0 aliphatic heterocycles. The second-order valence-corrected chi connectivity index (χ2v) is 5.97. The third-order valence-electron chi connectivity index (χ3n) is 3.86. The first-order chi connectivity index (χ1) is 12.0. The summed E-state index contributed by atoms with van der Waals surface area (Å²) >= 11 is 6.00. The van der Waals surface area contributed by atoms with Crippen LogP contribution in [0.1, 0.15) is 22.8 Å². The molecule has 128 valence electrons. The monoisotopic (exact) mass is 356 g/mol. The summed E-state index contributed by atoms with van der Waals surface area (Å²) in [5.41, 5.74) is 2.89. The summed E-state index contributed by atoms with van der Waals surface area (Å²) in [6.07, 6.45) is 3.69. The number of hydrogen-bond donors (Lipinski definition) is 1. The number of ether oxygens (including phenoxy) is 2. The predicted molar refractivity (Wildman–Crippen MR) is 98.6 cm³/mol. The van der Waals surface area contributed by atoms with Crippen molar-refractivity contribution in [2.45, 2.75) is 6.92 Å². The Labute approximate surface area is 150 Å². The first-order valence-electron chi connectivity index (χ1n) is 7.61. The van der Waals surface area contributed by atoms with Crippen LogP contribution in [-0.2, 0) is 0 Å². The quantitative estimate of drug-likeness (QED) is 0.539. The molecule has 0 atom stereocenters. The van der Waals surface area contributed by atoms with Crippen molar-refractivity contribution < 1.29 is 14.3 Å². The molecule has 6 heteroatoms. The number of methoxy groups -OCH3 is 2. The molecule has 3 rings (SSSR count). The molecule has 0 spiro atoms. The molecule has 0 bridgehead atoms. The fourth-order valence-corrected chi connectivity index (χ4v) is 2.76. The minimum atomic E-state index is -0.123. The first kappa shape index (κ1) is 17.0. The molecule has 0 aliphatic rings. The zero-order chi connectivity index (χ0) is 18.0. The van der Waals surface area contributed by atoms with Crippen molar-refractivity contribution in [1.82, 2.24) is 9.97 Å². The number of halogens is 1. The third kappa shape index (κ3) is 3.51. The number of pyridine rings is 1. The highest BCUT2D eigenvalue weighted by molar-refractivity contribution is 6.31. The van der Waals surface area contributed by atoms with E-state index in [-0.39, 0.29) is 5.78 Å². The summed E-state index contributed by atoms with van der Waals surface area (Å²) in [7, 11) is 2.99. The van der Waals surface area contributed by atoms with Crippen LogP contribution in [0.2, 0.25) is 5.02 Å². The van der Waals surface area contributed by atoms with Crippen molar-refractivity contribution in [3.05, 3.63) is 58.3 Å². The molecule has 3 aromatic rings. The Bertz CT molecular complexity index is 954. The number of allylic oxidation sites excluding steroid dienone is 1. The van der Waals surface area contributed by atoms with Gasteiger partial charge in [0, 0.05) is 45.4 Å². The van der Waals surface area contributed by atoms with Gasteiger partial charge in [-0.25, -0.2) is 0 Å². The van der Waals surface area contributed by atoms with Gasteiger partial charge >= 0.3 is 0 Å². The molecule has 2 aromatic heterocycles. The van der Waals surface area contributed by atoms with Gasteiger partial charge in [0.1, 0.15) is 0 Å². The summed E-state index contributed by atoms with van der Waals surface area (Å²) < 4.78 is 10.2. The molecule has 0 saturated carbocycles. The highest BCUT2D eigenvalue weighted by Gasteiger charge is 2.13. The number of aromatic nitrogens is 2. The standard InChI is InChI=1S/C19H17ClN2O3/c1-11(6-13-10-21-16-9-14(20)4-5-15(13)16)19(23)12-7-17(24-2)22-18(8-12)25-3/h4-10,21H,1-3H3/b11-6+. The molecule has 0 unspecified atom stereocenters. The second-order valence-electron chi connectivity index (χ2n) is 5.53. The average Bonchev–Trinajstić information content (AvgIpc) is 3.02. The lowest BCUT2D eigenvalue weighted by molar-refractivity contribution is 0.103. The largest absolute Gasteiger partial charge is 0.481 e. The summed E-state index contributed by atoms with van der Waals surface area (Å²) in [4.78, 5) is 20.0. The zero-order valence-electron chi connectivity index (χ0n) is 14.1. The maximum Gasteiger partial charge on any atom is 0.216 e. The molecule has 1 N–H and O–H groups in total. The first-order valence-corrected chi connectivity index (χ1v) is 7.99. The highest BCUT2D eigenvalue weighted by atomic mass is 35.5. The van der Waals surface area contributed by atoms with Gasteiger partial charge in [-0.05, 0) is 30.7 Å². The molecule has 0 fully saturated rings. The van der Waals surface area contributed by atoms with Crippen molar-refractivity contribution in [3.8, 4) is 11.8 Å². The maximum atomic E-state index is 12.8. The van der Waals surface area contributed by atoms with E-state index in [2.05, 4.69) is 9.97 Å². The summed E-state index contributed by atoms with van der Waals surface area (Å²) in [5, 5.41) is 1.66. The fourth-order valence-electron chi connectivity index (χ4n) is 2.59. The van der Waals surface area contributed by atoms with E-state index in [9.17, 15) is 4.79 Å². The van der Waals surface area contributed by atoms with E-state index in [1.165, 1.54) is 14.2 Å². The smallest absolute Gasteiger partial charge is 0.216 e. The third-order valence-corrected chi connectivity index (χ3v) is 4.10. The van der Waals surface area contributed by atoms with Crippen LogP contribution in [0.3, 0.4) is 0 Å². The van der Waals surface area contributed by atoms with Gasteiger partial charge in [-0.1, -0.05) is 17.7 Å². The van der Waals surface area contributed by atoms with Crippen LogP contribution in [0, 0.1) is 0 Å². The van der Waals surface area contributed by atoms with E-state index in [1.54, 1.807) is 19.1 Å². The van der Waals surface area contributed by atoms with Crippen molar-refractivity contribution >= 4 is 34.4 Å². The van der Waals surface area contributed by atoms with Crippen molar-refractivity contribution in [3.63, 3.8) is 0 Å². The van der Waals surface area contributed by atoms with E-state index < -0.39 is 0 Å². The SMILES string of the molecule is COc1cc(C(=O)/C(C)=C/c2c[nH]c3cc(Cl)ccc23)cc(OC)n1. The molecular formula is C19H17ClN2O3. The fraction of sp³-hybridized carbons (Fsp3) is 0.158.